The summed E-state index contributed by atoms with van der Waals surface area (Å²) >= 11 is 0. The molecule has 7 heteroatoms. The Morgan fingerprint density at radius 3 is 2.52 bits per heavy atom. The molecule has 166 valence electrons. The lowest BCUT2D eigenvalue weighted by Crippen LogP contribution is -2.44. The Hall–Kier alpha value is -2.83. The zero-order chi connectivity index (χ0) is 22.3. The van der Waals surface area contributed by atoms with E-state index < -0.39 is 23.7 Å². The minimum atomic E-state index is -0.694. The third-order valence-corrected chi connectivity index (χ3v) is 5.95. The molecule has 1 atom stereocenters. The molecule has 4 rings (SSSR count). The van der Waals surface area contributed by atoms with Crippen molar-refractivity contribution in [3.8, 4) is 5.75 Å². The van der Waals surface area contributed by atoms with Gasteiger partial charge in [0.1, 0.15) is 23.0 Å². The Labute approximate surface area is 181 Å². The summed E-state index contributed by atoms with van der Waals surface area (Å²) in [6.45, 7) is 7.60. The summed E-state index contributed by atoms with van der Waals surface area (Å²) in [6, 6.07) is 2.91. The van der Waals surface area contributed by atoms with Gasteiger partial charge in [0.25, 0.3) is 0 Å². The molecule has 0 saturated carbocycles. The number of amides is 1. The summed E-state index contributed by atoms with van der Waals surface area (Å²) in [4.78, 5) is 39.3. The van der Waals surface area contributed by atoms with Crippen molar-refractivity contribution in [2.24, 2.45) is 0 Å². The highest BCUT2D eigenvalue weighted by molar-refractivity contribution is 5.88. The fourth-order valence-electron chi connectivity index (χ4n) is 4.46. The number of benzene rings is 1. The van der Waals surface area contributed by atoms with Crippen molar-refractivity contribution >= 4 is 23.0 Å². The van der Waals surface area contributed by atoms with Crippen molar-refractivity contribution in [1.82, 2.24) is 4.90 Å². The van der Waals surface area contributed by atoms with Gasteiger partial charge in [-0.25, -0.2) is 14.4 Å². The van der Waals surface area contributed by atoms with Gasteiger partial charge >= 0.3 is 17.7 Å². The van der Waals surface area contributed by atoms with Crippen LogP contribution < -0.4 is 10.4 Å². The first-order valence-corrected chi connectivity index (χ1v) is 10.9. The van der Waals surface area contributed by atoms with Crippen molar-refractivity contribution in [3.63, 3.8) is 0 Å². The molecular weight excluding hydrogens is 398 g/mol. The van der Waals surface area contributed by atoms with Crippen molar-refractivity contribution in [2.45, 2.75) is 77.9 Å². The molecule has 1 aromatic heterocycles. The van der Waals surface area contributed by atoms with Crippen LogP contribution in [0.5, 0.6) is 5.75 Å². The summed E-state index contributed by atoms with van der Waals surface area (Å²) in [7, 11) is 0. The number of fused-ring (bicyclic) bond motifs is 3. The van der Waals surface area contributed by atoms with E-state index in [1.54, 1.807) is 33.8 Å². The highest BCUT2D eigenvalue weighted by Gasteiger charge is 2.38. The Balaban J connectivity index is 1.60. The summed E-state index contributed by atoms with van der Waals surface area (Å²) in [5, 5.41) is 0.905. The van der Waals surface area contributed by atoms with Crippen LogP contribution in [0.25, 0.3) is 11.0 Å². The molecule has 0 spiro atoms. The van der Waals surface area contributed by atoms with Crippen molar-refractivity contribution < 1.29 is 23.5 Å². The predicted octanol–water partition coefficient (Wildman–Crippen LogP) is 4.29. The minimum Gasteiger partial charge on any atom is -0.444 e. The Bertz CT molecular complexity index is 1090. The topological polar surface area (TPSA) is 86.0 Å². The summed E-state index contributed by atoms with van der Waals surface area (Å²) in [5.74, 6) is -0.168. The molecule has 1 saturated heterocycles. The molecule has 1 aliphatic carbocycles. The maximum atomic E-state index is 12.9. The Kier molecular flexibility index (Phi) is 5.54. The third-order valence-electron chi connectivity index (χ3n) is 5.95. The number of ether oxygens (including phenoxy) is 2. The van der Waals surface area contributed by atoms with E-state index in [-0.39, 0.29) is 5.63 Å². The molecule has 7 nitrogen and oxygen atoms in total. The zero-order valence-corrected chi connectivity index (χ0v) is 18.6. The van der Waals surface area contributed by atoms with E-state index >= 15 is 0 Å². The molecule has 0 radical (unpaired) electrons. The first-order chi connectivity index (χ1) is 14.7. The molecule has 1 fully saturated rings. The molecule has 1 aromatic carbocycles. The van der Waals surface area contributed by atoms with Gasteiger partial charge in [0.15, 0.2) is 0 Å². The number of nitrogens with zero attached hydrogens (tertiary/aromatic N) is 1. The number of carbonyl (C=O) groups excluding carboxylic acids is 2. The van der Waals surface area contributed by atoms with E-state index in [4.69, 9.17) is 13.9 Å². The van der Waals surface area contributed by atoms with E-state index in [2.05, 4.69) is 0 Å². The zero-order valence-electron chi connectivity index (χ0n) is 18.6. The second-order valence-electron chi connectivity index (χ2n) is 9.37. The van der Waals surface area contributed by atoms with E-state index in [9.17, 15) is 14.4 Å². The number of carbonyl (C=O) groups is 2. The Morgan fingerprint density at radius 2 is 1.81 bits per heavy atom. The standard InChI is InChI=1S/C24H29NO6/c1-14-19(12-11-16-15-8-5-6-9-17(15)21(26)30-20(14)16)29-22(27)18-10-7-13-25(18)23(28)31-24(2,3)4/h11-12,18H,5-10,13H2,1-4H3. The van der Waals surface area contributed by atoms with E-state index in [1.807, 2.05) is 6.07 Å². The van der Waals surface area contributed by atoms with Crippen LogP contribution in [-0.4, -0.2) is 35.2 Å². The van der Waals surface area contributed by atoms with Crippen LogP contribution in [0, 0.1) is 6.92 Å². The summed E-state index contributed by atoms with van der Waals surface area (Å²) in [5.41, 5.74) is 1.94. The first kappa shape index (κ1) is 21.4. The van der Waals surface area contributed by atoms with Crippen molar-refractivity contribution in [3.05, 3.63) is 39.2 Å². The monoisotopic (exact) mass is 427 g/mol. The maximum Gasteiger partial charge on any atom is 0.411 e. The SMILES string of the molecule is Cc1c(OC(=O)C2CCCN2C(=O)OC(C)(C)C)ccc2c3c(c(=O)oc12)CCCC3. The van der Waals surface area contributed by atoms with Gasteiger partial charge < -0.3 is 13.9 Å². The lowest BCUT2D eigenvalue weighted by molar-refractivity contribution is -0.139. The number of hydrogen-bond donors (Lipinski definition) is 0. The van der Waals surface area contributed by atoms with Gasteiger partial charge in [0.05, 0.1) is 0 Å². The lowest BCUT2D eigenvalue weighted by Gasteiger charge is -2.27. The smallest absolute Gasteiger partial charge is 0.411 e. The van der Waals surface area contributed by atoms with Gasteiger partial charge in [-0.3, -0.25) is 4.90 Å². The molecule has 1 amide bonds. The van der Waals surface area contributed by atoms with Crippen LogP contribution in [0.3, 0.4) is 0 Å². The van der Waals surface area contributed by atoms with Crippen LogP contribution in [0.2, 0.25) is 0 Å². The highest BCUT2D eigenvalue weighted by Crippen LogP contribution is 2.33. The van der Waals surface area contributed by atoms with Crippen LogP contribution >= 0.6 is 0 Å². The minimum absolute atomic E-state index is 0.305. The molecular formula is C24H29NO6. The average Bonchev–Trinajstić information content (AvgIpc) is 3.20. The van der Waals surface area contributed by atoms with E-state index in [0.29, 0.717) is 36.3 Å². The first-order valence-electron chi connectivity index (χ1n) is 10.9. The number of rotatable bonds is 2. The summed E-state index contributed by atoms with van der Waals surface area (Å²) in [6.07, 6.45) is 4.34. The van der Waals surface area contributed by atoms with Gasteiger partial charge in [-0.15, -0.1) is 0 Å². The summed E-state index contributed by atoms with van der Waals surface area (Å²) < 4.78 is 16.7. The molecule has 2 heterocycles. The molecule has 0 N–H and O–H groups in total. The molecule has 1 aliphatic heterocycles. The fourth-order valence-corrected chi connectivity index (χ4v) is 4.46. The van der Waals surface area contributed by atoms with Crippen LogP contribution in [0.4, 0.5) is 4.79 Å². The van der Waals surface area contributed by atoms with Crippen LogP contribution in [0.1, 0.15) is 63.1 Å². The average molecular weight is 427 g/mol. The predicted molar refractivity (Wildman–Crippen MR) is 115 cm³/mol. The molecule has 0 bridgehead atoms. The lowest BCUT2D eigenvalue weighted by atomic mass is 9.90. The second-order valence-corrected chi connectivity index (χ2v) is 9.37. The van der Waals surface area contributed by atoms with Gasteiger partial charge in [0.2, 0.25) is 0 Å². The Morgan fingerprint density at radius 1 is 1.10 bits per heavy atom. The molecule has 1 unspecified atom stereocenters. The highest BCUT2D eigenvalue weighted by atomic mass is 16.6. The van der Waals surface area contributed by atoms with Crippen molar-refractivity contribution in [2.75, 3.05) is 6.54 Å². The van der Waals surface area contributed by atoms with Crippen molar-refractivity contribution in [1.29, 1.82) is 0 Å². The number of aryl methyl sites for hydroxylation is 2. The quantitative estimate of drug-likeness (QED) is 0.404. The normalized spacial score (nSPS) is 18.7. The number of likely N-dealkylation sites (tertiary alicyclic amines) is 1. The molecule has 2 aliphatic rings. The van der Waals surface area contributed by atoms with Crippen LogP contribution in [-0.2, 0) is 22.4 Å². The second kappa shape index (κ2) is 8.02. The molecule has 2 aromatic rings. The van der Waals surface area contributed by atoms with Gasteiger partial charge in [-0.2, -0.15) is 0 Å². The third kappa shape index (κ3) is 4.18. The molecule has 31 heavy (non-hydrogen) atoms. The van der Waals surface area contributed by atoms with Gasteiger partial charge in [0, 0.05) is 23.1 Å². The van der Waals surface area contributed by atoms with E-state index in [0.717, 1.165) is 42.2 Å². The fraction of sp³-hybridized carbons (Fsp3) is 0.542. The number of hydrogen-bond acceptors (Lipinski definition) is 6. The number of esters is 1. The van der Waals surface area contributed by atoms with E-state index in [1.165, 1.54) is 4.90 Å². The van der Waals surface area contributed by atoms with Gasteiger partial charge in [-0.1, -0.05) is 0 Å². The van der Waals surface area contributed by atoms with Crippen LogP contribution in [0.15, 0.2) is 21.3 Å². The van der Waals surface area contributed by atoms with Gasteiger partial charge in [-0.05, 0) is 83.9 Å². The largest absolute Gasteiger partial charge is 0.444 e. The maximum absolute atomic E-state index is 12.9.